The molecule has 2 aromatic rings. The van der Waals surface area contributed by atoms with Gasteiger partial charge in [-0.05, 0) is 15.6 Å². The number of tetrazole rings is 1. The summed E-state index contributed by atoms with van der Waals surface area (Å²) in [5, 5.41) is 20.0. The third-order valence-electron chi connectivity index (χ3n) is 1.79. The Bertz CT molecular complexity index is 479. The lowest BCUT2D eigenvalue weighted by atomic mass is 10.4. The molecule has 0 aliphatic rings. The van der Waals surface area contributed by atoms with E-state index in [4.69, 9.17) is 4.74 Å². The Kier molecular flexibility index (Phi) is 3.35. The molecule has 0 radical (unpaired) electrons. The maximum Gasteiger partial charge on any atom is 0.247 e. The summed E-state index contributed by atoms with van der Waals surface area (Å²) in [7, 11) is 1.50. The number of methoxy groups -OCH3 is 1. The van der Waals surface area contributed by atoms with Gasteiger partial charge in [0.15, 0.2) is 5.69 Å². The van der Waals surface area contributed by atoms with E-state index in [0.29, 0.717) is 5.69 Å². The van der Waals surface area contributed by atoms with Crippen molar-refractivity contribution < 1.29 is 14.2 Å². The zero-order valence-corrected chi connectivity index (χ0v) is 8.90. The Balaban J connectivity index is 1.95. The van der Waals surface area contributed by atoms with Crippen LogP contribution in [0, 0.1) is 0 Å². The first-order chi connectivity index (χ1) is 8.29. The maximum atomic E-state index is 11.6. The van der Waals surface area contributed by atoms with Crippen molar-refractivity contribution in [1.29, 1.82) is 0 Å². The van der Waals surface area contributed by atoms with Crippen molar-refractivity contribution in [2.45, 2.75) is 13.2 Å². The molecule has 10 nitrogen and oxygen atoms in total. The summed E-state index contributed by atoms with van der Waals surface area (Å²) in [6.45, 7) is 0.177. The van der Waals surface area contributed by atoms with Gasteiger partial charge in [-0.1, -0.05) is 5.16 Å². The molecule has 1 amide bonds. The fourth-order valence-corrected chi connectivity index (χ4v) is 1.10. The minimum atomic E-state index is -0.342. The molecule has 2 heterocycles. The van der Waals surface area contributed by atoms with Gasteiger partial charge in [0.2, 0.25) is 11.7 Å². The first-order valence-electron chi connectivity index (χ1n) is 4.60. The van der Waals surface area contributed by atoms with Crippen LogP contribution in [0.4, 0.5) is 5.82 Å². The van der Waals surface area contributed by atoms with Crippen LogP contribution in [0.5, 0.6) is 0 Å². The SMILES string of the molecule is COCc1nonc1NC(=O)Cn1cnnn1. The number of hydrogen-bond acceptors (Lipinski definition) is 8. The molecule has 17 heavy (non-hydrogen) atoms. The Hall–Kier alpha value is -2.36. The van der Waals surface area contributed by atoms with Crippen molar-refractivity contribution in [1.82, 2.24) is 30.5 Å². The van der Waals surface area contributed by atoms with Crippen LogP contribution in [0.3, 0.4) is 0 Å². The van der Waals surface area contributed by atoms with E-state index < -0.39 is 0 Å². The maximum absolute atomic E-state index is 11.6. The second kappa shape index (κ2) is 5.12. The van der Waals surface area contributed by atoms with Gasteiger partial charge in [-0.25, -0.2) is 9.31 Å². The zero-order valence-electron chi connectivity index (χ0n) is 8.90. The molecule has 0 saturated carbocycles. The van der Waals surface area contributed by atoms with Crippen LogP contribution in [0.2, 0.25) is 0 Å². The Morgan fingerprint density at radius 2 is 2.47 bits per heavy atom. The third-order valence-corrected chi connectivity index (χ3v) is 1.79. The molecule has 0 aliphatic carbocycles. The molecule has 0 aliphatic heterocycles. The van der Waals surface area contributed by atoms with Gasteiger partial charge in [-0.2, -0.15) is 0 Å². The van der Waals surface area contributed by atoms with Crippen molar-refractivity contribution in [3.05, 3.63) is 12.0 Å². The van der Waals surface area contributed by atoms with Gasteiger partial charge in [0.05, 0.1) is 6.61 Å². The van der Waals surface area contributed by atoms with E-state index in [1.165, 1.54) is 18.1 Å². The van der Waals surface area contributed by atoms with Crippen LogP contribution in [-0.4, -0.2) is 43.5 Å². The number of amides is 1. The predicted molar refractivity (Wildman–Crippen MR) is 51.5 cm³/mol. The summed E-state index contributed by atoms with van der Waals surface area (Å²) in [5.41, 5.74) is 0.414. The summed E-state index contributed by atoms with van der Waals surface area (Å²) < 4.78 is 10.6. The molecule has 2 aromatic heterocycles. The average Bonchev–Trinajstić information content (AvgIpc) is 2.92. The number of ether oxygens (including phenoxy) is 1. The quantitative estimate of drug-likeness (QED) is 0.693. The smallest absolute Gasteiger partial charge is 0.247 e. The first kappa shape index (κ1) is 11.1. The number of aromatic nitrogens is 6. The lowest BCUT2D eigenvalue weighted by Crippen LogP contribution is -2.20. The standard InChI is InChI=1S/C7H9N7O3/c1-16-3-5-7(11-17-10-5)9-6(15)2-14-4-8-12-13-14/h4H,2-3H2,1H3,(H,9,11,15). The monoisotopic (exact) mass is 239 g/mol. The van der Waals surface area contributed by atoms with E-state index in [9.17, 15) is 4.79 Å². The number of hydrogen-bond donors (Lipinski definition) is 1. The fraction of sp³-hybridized carbons (Fsp3) is 0.429. The lowest BCUT2D eigenvalue weighted by Gasteiger charge is -2.01. The Morgan fingerprint density at radius 3 is 3.18 bits per heavy atom. The molecule has 0 unspecified atom stereocenters. The third kappa shape index (κ3) is 2.81. The highest BCUT2D eigenvalue weighted by Crippen LogP contribution is 2.09. The van der Waals surface area contributed by atoms with Crippen LogP contribution in [-0.2, 0) is 22.7 Å². The summed E-state index contributed by atoms with van der Waals surface area (Å²) in [6.07, 6.45) is 1.33. The number of rotatable bonds is 5. The van der Waals surface area contributed by atoms with Crippen LogP contribution < -0.4 is 5.32 Å². The van der Waals surface area contributed by atoms with Gasteiger partial charge in [0.1, 0.15) is 12.9 Å². The molecule has 1 N–H and O–H groups in total. The van der Waals surface area contributed by atoms with Crippen LogP contribution in [0.1, 0.15) is 5.69 Å². The molecule has 0 saturated heterocycles. The minimum absolute atomic E-state index is 0.0215. The molecule has 10 heteroatoms. The summed E-state index contributed by atoms with van der Waals surface area (Å²) in [4.78, 5) is 11.6. The van der Waals surface area contributed by atoms with E-state index in [0.717, 1.165) is 0 Å². The number of anilines is 1. The summed E-state index contributed by atoms with van der Waals surface area (Å²) >= 11 is 0. The van der Waals surface area contributed by atoms with Gasteiger partial charge in [0.25, 0.3) is 0 Å². The topological polar surface area (TPSA) is 121 Å². The van der Waals surface area contributed by atoms with E-state index in [-0.39, 0.29) is 24.9 Å². The highest BCUT2D eigenvalue weighted by molar-refractivity contribution is 5.89. The first-order valence-corrected chi connectivity index (χ1v) is 4.60. The largest absolute Gasteiger partial charge is 0.378 e. The van der Waals surface area contributed by atoms with Crippen molar-refractivity contribution in [2.75, 3.05) is 12.4 Å². The Morgan fingerprint density at radius 1 is 1.59 bits per heavy atom. The summed E-state index contributed by atoms with van der Waals surface area (Å²) in [6, 6.07) is 0. The van der Waals surface area contributed by atoms with Crippen molar-refractivity contribution in [3.63, 3.8) is 0 Å². The van der Waals surface area contributed by atoms with E-state index in [2.05, 4.69) is 35.8 Å². The number of carbonyl (C=O) groups is 1. The molecular weight excluding hydrogens is 230 g/mol. The van der Waals surface area contributed by atoms with Crippen molar-refractivity contribution in [2.24, 2.45) is 0 Å². The number of nitrogens with one attached hydrogen (secondary N) is 1. The van der Waals surface area contributed by atoms with E-state index >= 15 is 0 Å². The molecule has 2 rings (SSSR count). The predicted octanol–water partition coefficient (Wildman–Crippen LogP) is -1.16. The molecule has 0 fully saturated rings. The lowest BCUT2D eigenvalue weighted by molar-refractivity contribution is -0.117. The van der Waals surface area contributed by atoms with Gasteiger partial charge in [-0.3, -0.25) is 4.79 Å². The summed E-state index contributed by atoms with van der Waals surface area (Å²) in [5.74, 6) is -0.115. The molecular formula is C7H9N7O3. The highest BCUT2D eigenvalue weighted by Gasteiger charge is 2.13. The second-order valence-electron chi connectivity index (χ2n) is 3.05. The van der Waals surface area contributed by atoms with E-state index in [1.807, 2.05) is 0 Å². The van der Waals surface area contributed by atoms with Crippen LogP contribution in [0.25, 0.3) is 0 Å². The average molecular weight is 239 g/mol. The molecule has 0 aromatic carbocycles. The van der Waals surface area contributed by atoms with Gasteiger partial charge in [0, 0.05) is 7.11 Å². The van der Waals surface area contributed by atoms with Gasteiger partial charge < -0.3 is 10.1 Å². The van der Waals surface area contributed by atoms with Crippen molar-refractivity contribution in [3.8, 4) is 0 Å². The molecule has 0 spiro atoms. The molecule has 90 valence electrons. The van der Waals surface area contributed by atoms with Gasteiger partial charge >= 0.3 is 0 Å². The van der Waals surface area contributed by atoms with Crippen LogP contribution >= 0.6 is 0 Å². The highest BCUT2D eigenvalue weighted by atomic mass is 16.6. The normalized spacial score (nSPS) is 10.4. The molecule has 0 bridgehead atoms. The zero-order chi connectivity index (χ0) is 12.1. The second-order valence-corrected chi connectivity index (χ2v) is 3.05. The fourth-order valence-electron chi connectivity index (χ4n) is 1.10. The minimum Gasteiger partial charge on any atom is -0.378 e. The van der Waals surface area contributed by atoms with Crippen LogP contribution in [0.15, 0.2) is 11.0 Å². The number of nitrogens with zero attached hydrogens (tertiary/aromatic N) is 6. The van der Waals surface area contributed by atoms with E-state index in [1.54, 1.807) is 0 Å². The molecule has 0 atom stereocenters. The van der Waals surface area contributed by atoms with Crippen molar-refractivity contribution >= 4 is 11.7 Å². The van der Waals surface area contributed by atoms with Gasteiger partial charge in [-0.15, -0.1) is 5.10 Å². The number of carbonyl (C=O) groups excluding carboxylic acids is 1. The Labute approximate surface area is 94.9 Å².